The highest BCUT2D eigenvalue weighted by atomic mass is 32.1. The molecule has 0 aliphatic heterocycles. The van der Waals surface area contributed by atoms with E-state index in [2.05, 4.69) is 30.3 Å². The molecule has 0 unspecified atom stereocenters. The minimum absolute atomic E-state index is 0.488. The molecule has 0 aliphatic rings. The van der Waals surface area contributed by atoms with Crippen molar-refractivity contribution in [1.82, 2.24) is 4.98 Å². The molecule has 1 aromatic heterocycles. The van der Waals surface area contributed by atoms with E-state index in [1.165, 1.54) is 5.01 Å². The van der Waals surface area contributed by atoms with Gasteiger partial charge in [0, 0.05) is 22.5 Å². The second-order valence-electron chi connectivity index (χ2n) is 4.30. The first-order valence-corrected chi connectivity index (χ1v) is 6.28. The number of nitrogens with zero attached hydrogens (tertiary/aromatic N) is 1. The van der Waals surface area contributed by atoms with Crippen molar-refractivity contribution in [3.8, 4) is 11.3 Å². The van der Waals surface area contributed by atoms with E-state index in [9.17, 15) is 0 Å². The van der Waals surface area contributed by atoms with Gasteiger partial charge in [-0.05, 0) is 18.6 Å². The van der Waals surface area contributed by atoms with Gasteiger partial charge in [0.05, 0.1) is 10.7 Å². The van der Waals surface area contributed by atoms with Crippen LogP contribution in [0.4, 0.5) is 5.69 Å². The summed E-state index contributed by atoms with van der Waals surface area (Å²) in [6.07, 6.45) is 0. The molecule has 0 fully saturated rings. The van der Waals surface area contributed by atoms with E-state index in [0.29, 0.717) is 5.92 Å². The smallest absolute Gasteiger partial charge is 0.0958 e. The Morgan fingerprint density at radius 1 is 1.31 bits per heavy atom. The normalized spacial score (nSPS) is 11.0. The Kier molecular flexibility index (Phi) is 2.97. The first kappa shape index (κ1) is 11.1. The molecule has 2 N–H and O–H groups in total. The number of aryl methyl sites for hydroxylation is 1. The predicted octanol–water partition coefficient (Wildman–Crippen LogP) is 3.82. The lowest BCUT2D eigenvalue weighted by Crippen LogP contribution is -1.90. The van der Waals surface area contributed by atoms with Crippen LogP contribution in [0.3, 0.4) is 0 Å². The zero-order chi connectivity index (χ0) is 11.7. The van der Waals surface area contributed by atoms with E-state index in [1.807, 2.05) is 19.1 Å². The van der Waals surface area contributed by atoms with E-state index in [1.54, 1.807) is 11.3 Å². The molecule has 0 radical (unpaired) electrons. The minimum Gasteiger partial charge on any atom is -0.398 e. The zero-order valence-electron chi connectivity index (χ0n) is 9.82. The van der Waals surface area contributed by atoms with Gasteiger partial charge in [0.2, 0.25) is 0 Å². The molecule has 1 aromatic carbocycles. The van der Waals surface area contributed by atoms with Crippen molar-refractivity contribution in [1.29, 1.82) is 0 Å². The van der Waals surface area contributed by atoms with E-state index in [0.717, 1.165) is 22.5 Å². The number of rotatable bonds is 2. The number of hydrogen-bond donors (Lipinski definition) is 1. The average Bonchev–Trinajstić information content (AvgIpc) is 2.71. The van der Waals surface area contributed by atoms with Gasteiger partial charge in [0.1, 0.15) is 0 Å². The van der Waals surface area contributed by atoms with Crippen LogP contribution >= 0.6 is 11.3 Å². The first-order valence-electron chi connectivity index (χ1n) is 5.40. The molecule has 2 aromatic rings. The molecule has 0 bridgehead atoms. The van der Waals surface area contributed by atoms with Gasteiger partial charge in [-0.2, -0.15) is 0 Å². The Bertz CT molecular complexity index is 500. The average molecular weight is 232 g/mol. The van der Waals surface area contributed by atoms with E-state index < -0.39 is 0 Å². The van der Waals surface area contributed by atoms with Gasteiger partial charge in [-0.3, -0.25) is 0 Å². The van der Waals surface area contributed by atoms with Crippen molar-refractivity contribution >= 4 is 17.0 Å². The molecule has 0 aliphatic carbocycles. The van der Waals surface area contributed by atoms with Crippen LogP contribution in [0.2, 0.25) is 0 Å². The number of benzene rings is 1. The Labute approximate surface area is 100 Å². The summed E-state index contributed by atoms with van der Waals surface area (Å²) in [6, 6.07) is 6.11. The number of anilines is 1. The standard InChI is InChI=1S/C13H16N2S/c1-8(2)13-15-12(7-16-13)10-5-4-9(3)11(14)6-10/h4-8H,14H2,1-3H3. The van der Waals surface area contributed by atoms with Gasteiger partial charge < -0.3 is 5.73 Å². The third-order valence-corrected chi connectivity index (χ3v) is 3.74. The van der Waals surface area contributed by atoms with Crippen LogP contribution in [-0.2, 0) is 0 Å². The molecule has 1 heterocycles. The maximum Gasteiger partial charge on any atom is 0.0958 e. The third-order valence-electron chi connectivity index (χ3n) is 2.59. The maximum absolute atomic E-state index is 5.90. The molecule has 2 rings (SSSR count). The Morgan fingerprint density at radius 3 is 2.62 bits per heavy atom. The summed E-state index contributed by atoms with van der Waals surface area (Å²) in [7, 11) is 0. The van der Waals surface area contributed by atoms with Gasteiger partial charge in [-0.1, -0.05) is 26.0 Å². The minimum atomic E-state index is 0.488. The molecule has 3 heteroatoms. The lowest BCUT2D eigenvalue weighted by molar-refractivity contribution is 0.853. The molecule has 0 atom stereocenters. The van der Waals surface area contributed by atoms with Crippen molar-refractivity contribution in [2.24, 2.45) is 0 Å². The van der Waals surface area contributed by atoms with Crippen LogP contribution in [0.1, 0.15) is 30.3 Å². The summed E-state index contributed by atoms with van der Waals surface area (Å²) in [5, 5.41) is 3.27. The first-order chi connectivity index (χ1) is 7.58. The highest BCUT2D eigenvalue weighted by Gasteiger charge is 2.08. The number of hydrogen-bond acceptors (Lipinski definition) is 3. The summed E-state index contributed by atoms with van der Waals surface area (Å²) < 4.78 is 0. The maximum atomic E-state index is 5.90. The fraction of sp³-hybridized carbons (Fsp3) is 0.308. The van der Waals surface area contributed by atoms with Crippen molar-refractivity contribution in [3.63, 3.8) is 0 Å². The number of nitrogen functional groups attached to an aromatic ring is 1. The second kappa shape index (κ2) is 4.26. The fourth-order valence-corrected chi connectivity index (χ4v) is 2.33. The monoisotopic (exact) mass is 232 g/mol. The van der Waals surface area contributed by atoms with Crippen LogP contribution in [0.5, 0.6) is 0 Å². The summed E-state index contributed by atoms with van der Waals surface area (Å²) in [5.74, 6) is 0.488. The molecular formula is C13H16N2S. The van der Waals surface area contributed by atoms with Crippen LogP contribution in [-0.4, -0.2) is 4.98 Å². The Hall–Kier alpha value is -1.35. The SMILES string of the molecule is Cc1ccc(-c2csc(C(C)C)n2)cc1N. The van der Waals surface area contributed by atoms with Crippen LogP contribution in [0.15, 0.2) is 23.6 Å². The Morgan fingerprint density at radius 2 is 2.06 bits per heavy atom. The Balaban J connectivity index is 2.39. The van der Waals surface area contributed by atoms with Crippen LogP contribution in [0.25, 0.3) is 11.3 Å². The van der Waals surface area contributed by atoms with Crippen molar-refractivity contribution in [2.45, 2.75) is 26.7 Å². The van der Waals surface area contributed by atoms with Crippen LogP contribution < -0.4 is 5.73 Å². The predicted molar refractivity (Wildman–Crippen MR) is 70.8 cm³/mol. The van der Waals surface area contributed by atoms with Crippen molar-refractivity contribution in [2.75, 3.05) is 5.73 Å². The summed E-state index contributed by atoms with van der Waals surface area (Å²) in [4.78, 5) is 4.61. The highest BCUT2D eigenvalue weighted by molar-refractivity contribution is 7.10. The van der Waals surface area contributed by atoms with E-state index in [4.69, 9.17) is 5.73 Å². The summed E-state index contributed by atoms with van der Waals surface area (Å²) in [6.45, 7) is 6.33. The molecule has 2 nitrogen and oxygen atoms in total. The lowest BCUT2D eigenvalue weighted by Gasteiger charge is -2.02. The van der Waals surface area contributed by atoms with Gasteiger partial charge in [0.15, 0.2) is 0 Å². The fourth-order valence-electron chi connectivity index (χ4n) is 1.49. The highest BCUT2D eigenvalue weighted by Crippen LogP contribution is 2.27. The van der Waals surface area contributed by atoms with Crippen LogP contribution in [0, 0.1) is 6.92 Å². The molecule has 84 valence electrons. The number of thiazole rings is 1. The molecule has 16 heavy (non-hydrogen) atoms. The molecular weight excluding hydrogens is 216 g/mol. The largest absolute Gasteiger partial charge is 0.398 e. The second-order valence-corrected chi connectivity index (χ2v) is 5.19. The lowest BCUT2D eigenvalue weighted by atomic mass is 10.1. The van der Waals surface area contributed by atoms with E-state index in [-0.39, 0.29) is 0 Å². The number of nitrogens with two attached hydrogens (primary N) is 1. The topological polar surface area (TPSA) is 38.9 Å². The summed E-state index contributed by atoms with van der Waals surface area (Å²) >= 11 is 1.71. The molecule has 0 saturated carbocycles. The van der Waals surface area contributed by atoms with Gasteiger partial charge in [-0.25, -0.2) is 4.98 Å². The molecule has 0 saturated heterocycles. The third kappa shape index (κ3) is 2.09. The molecule has 0 amide bonds. The van der Waals surface area contributed by atoms with Gasteiger partial charge >= 0.3 is 0 Å². The zero-order valence-corrected chi connectivity index (χ0v) is 10.6. The summed E-state index contributed by atoms with van der Waals surface area (Å²) in [5.41, 5.74) is 9.98. The van der Waals surface area contributed by atoms with Gasteiger partial charge in [-0.15, -0.1) is 11.3 Å². The van der Waals surface area contributed by atoms with Gasteiger partial charge in [0.25, 0.3) is 0 Å². The van der Waals surface area contributed by atoms with E-state index >= 15 is 0 Å². The quantitative estimate of drug-likeness (QED) is 0.799. The van der Waals surface area contributed by atoms with Crippen molar-refractivity contribution < 1.29 is 0 Å². The molecule has 0 spiro atoms. The van der Waals surface area contributed by atoms with Crippen molar-refractivity contribution in [3.05, 3.63) is 34.2 Å². The number of aromatic nitrogens is 1.